The van der Waals surface area contributed by atoms with Crippen LogP contribution in [0.15, 0.2) is 42.7 Å². The maximum atomic E-state index is 4.19. The van der Waals surface area contributed by atoms with E-state index in [2.05, 4.69) is 53.4 Å². The summed E-state index contributed by atoms with van der Waals surface area (Å²) in [6.07, 6.45) is 3.53. The Hall–Kier alpha value is -1.74. The van der Waals surface area contributed by atoms with Crippen molar-refractivity contribution in [3.05, 3.63) is 59.7 Å². The third kappa shape index (κ3) is 3.36. The van der Waals surface area contributed by atoms with Crippen LogP contribution in [0.25, 0.3) is 0 Å². The molecule has 1 N–H and O–H groups in total. The smallest absolute Gasteiger partial charge is 0.141 e. The molecule has 0 bridgehead atoms. The fourth-order valence-corrected chi connectivity index (χ4v) is 1.72. The van der Waals surface area contributed by atoms with E-state index in [0.717, 1.165) is 5.82 Å². The Labute approximate surface area is 102 Å². The van der Waals surface area contributed by atoms with Gasteiger partial charge >= 0.3 is 0 Å². The van der Waals surface area contributed by atoms with Crippen LogP contribution in [-0.2, 0) is 6.54 Å². The molecule has 0 aliphatic heterocycles. The maximum absolute atomic E-state index is 4.19. The normalized spacial score (nSPS) is 12.4. The van der Waals surface area contributed by atoms with Crippen LogP contribution in [0, 0.1) is 6.92 Å². The van der Waals surface area contributed by atoms with E-state index in [1.54, 1.807) is 12.4 Å². The van der Waals surface area contributed by atoms with Crippen LogP contribution < -0.4 is 5.32 Å². The van der Waals surface area contributed by atoms with Crippen molar-refractivity contribution in [3.8, 4) is 0 Å². The van der Waals surface area contributed by atoms with Gasteiger partial charge in [0, 0.05) is 18.4 Å². The Bertz CT molecular complexity index is 468. The molecule has 3 heteroatoms. The van der Waals surface area contributed by atoms with Crippen molar-refractivity contribution in [3.63, 3.8) is 0 Å². The standard InChI is InChI=1S/C14H17N3/c1-11-5-3-6-13(9-11)12(2)17-10-14-15-7-4-8-16-14/h3-9,12,17H,10H2,1-2H3/t12-/m0/s1. The molecule has 3 nitrogen and oxygen atoms in total. The zero-order valence-electron chi connectivity index (χ0n) is 10.2. The van der Waals surface area contributed by atoms with Crippen molar-refractivity contribution in [1.82, 2.24) is 15.3 Å². The Balaban J connectivity index is 1.96. The molecule has 0 aliphatic carbocycles. The van der Waals surface area contributed by atoms with Crippen LogP contribution in [0.3, 0.4) is 0 Å². The van der Waals surface area contributed by atoms with Gasteiger partial charge in [-0.3, -0.25) is 0 Å². The molecule has 0 aliphatic rings. The van der Waals surface area contributed by atoms with E-state index in [1.165, 1.54) is 11.1 Å². The summed E-state index contributed by atoms with van der Waals surface area (Å²) in [5.74, 6) is 0.826. The minimum atomic E-state index is 0.304. The van der Waals surface area contributed by atoms with E-state index >= 15 is 0 Å². The molecule has 1 aromatic carbocycles. The van der Waals surface area contributed by atoms with Gasteiger partial charge in [0.2, 0.25) is 0 Å². The molecule has 0 radical (unpaired) electrons. The highest BCUT2D eigenvalue weighted by molar-refractivity contribution is 5.24. The number of hydrogen-bond acceptors (Lipinski definition) is 3. The average molecular weight is 227 g/mol. The Kier molecular flexibility index (Phi) is 3.83. The third-order valence-corrected chi connectivity index (χ3v) is 2.73. The van der Waals surface area contributed by atoms with Crippen molar-refractivity contribution >= 4 is 0 Å². The lowest BCUT2D eigenvalue weighted by molar-refractivity contribution is 0.559. The summed E-state index contributed by atoms with van der Waals surface area (Å²) >= 11 is 0. The van der Waals surface area contributed by atoms with Gasteiger partial charge < -0.3 is 5.32 Å². The van der Waals surface area contributed by atoms with Crippen molar-refractivity contribution < 1.29 is 0 Å². The molecule has 0 unspecified atom stereocenters. The molecule has 0 spiro atoms. The second-order valence-corrected chi connectivity index (χ2v) is 4.18. The van der Waals surface area contributed by atoms with Gasteiger partial charge in [-0.05, 0) is 25.5 Å². The third-order valence-electron chi connectivity index (χ3n) is 2.73. The monoisotopic (exact) mass is 227 g/mol. The van der Waals surface area contributed by atoms with Crippen molar-refractivity contribution in [2.75, 3.05) is 0 Å². The predicted molar refractivity (Wildman–Crippen MR) is 68.5 cm³/mol. The van der Waals surface area contributed by atoms with Gasteiger partial charge in [0.15, 0.2) is 0 Å². The lowest BCUT2D eigenvalue weighted by Crippen LogP contribution is -2.19. The summed E-state index contributed by atoms with van der Waals surface area (Å²) in [5, 5.41) is 3.42. The second kappa shape index (κ2) is 5.55. The van der Waals surface area contributed by atoms with E-state index in [4.69, 9.17) is 0 Å². The van der Waals surface area contributed by atoms with E-state index < -0.39 is 0 Å². The van der Waals surface area contributed by atoms with Crippen LogP contribution >= 0.6 is 0 Å². The molecule has 1 heterocycles. The lowest BCUT2D eigenvalue weighted by Gasteiger charge is -2.14. The quantitative estimate of drug-likeness (QED) is 0.872. The highest BCUT2D eigenvalue weighted by Crippen LogP contribution is 2.13. The average Bonchev–Trinajstić information content (AvgIpc) is 2.37. The van der Waals surface area contributed by atoms with Crippen LogP contribution in [0.1, 0.15) is 29.9 Å². The first kappa shape index (κ1) is 11.7. The Morgan fingerprint density at radius 2 is 1.94 bits per heavy atom. The van der Waals surface area contributed by atoms with Gasteiger partial charge in [-0.2, -0.15) is 0 Å². The van der Waals surface area contributed by atoms with Crippen LogP contribution in [-0.4, -0.2) is 9.97 Å². The van der Waals surface area contributed by atoms with Crippen molar-refractivity contribution in [2.45, 2.75) is 26.4 Å². The number of nitrogens with one attached hydrogen (secondary N) is 1. The largest absolute Gasteiger partial charge is 0.303 e. The van der Waals surface area contributed by atoms with E-state index in [9.17, 15) is 0 Å². The number of nitrogens with zero attached hydrogens (tertiary/aromatic N) is 2. The SMILES string of the molecule is Cc1cccc([C@H](C)NCc2ncccn2)c1. The van der Waals surface area contributed by atoms with Crippen LogP contribution in [0.4, 0.5) is 0 Å². The minimum Gasteiger partial charge on any atom is -0.303 e. The molecule has 1 aromatic heterocycles. The second-order valence-electron chi connectivity index (χ2n) is 4.18. The minimum absolute atomic E-state index is 0.304. The highest BCUT2D eigenvalue weighted by Gasteiger charge is 2.05. The highest BCUT2D eigenvalue weighted by atomic mass is 15.0. The molecule has 0 saturated carbocycles. The molecular weight excluding hydrogens is 210 g/mol. The van der Waals surface area contributed by atoms with Crippen molar-refractivity contribution in [2.24, 2.45) is 0 Å². The number of aryl methyl sites for hydroxylation is 1. The van der Waals surface area contributed by atoms with E-state index in [1.807, 2.05) is 6.07 Å². The summed E-state index contributed by atoms with van der Waals surface area (Å²) in [4.78, 5) is 8.38. The number of hydrogen-bond donors (Lipinski definition) is 1. The van der Waals surface area contributed by atoms with Gasteiger partial charge in [-0.25, -0.2) is 9.97 Å². The molecule has 0 fully saturated rings. The predicted octanol–water partition coefficient (Wildman–Crippen LogP) is 2.64. The number of aromatic nitrogens is 2. The maximum Gasteiger partial charge on any atom is 0.141 e. The lowest BCUT2D eigenvalue weighted by atomic mass is 10.1. The molecule has 1 atom stereocenters. The zero-order chi connectivity index (χ0) is 12.1. The number of rotatable bonds is 4. The summed E-state index contributed by atoms with van der Waals surface area (Å²) < 4.78 is 0. The number of benzene rings is 1. The van der Waals surface area contributed by atoms with Gasteiger partial charge in [0.25, 0.3) is 0 Å². The first-order chi connectivity index (χ1) is 8.25. The summed E-state index contributed by atoms with van der Waals surface area (Å²) in [7, 11) is 0. The molecule has 0 amide bonds. The van der Waals surface area contributed by atoms with Gasteiger partial charge in [-0.15, -0.1) is 0 Å². The topological polar surface area (TPSA) is 37.8 Å². The fourth-order valence-electron chi connectivity index (χ4n) is 1.72. The molecule has 88 valence electrons. The molecule has 17 heavy (non-hydrogen) atoms. The van der Waals surface area contributed by atoms with Crippen LogP contribution in [0.5, 0.6) is 0 Å². The van der Waals surface area contributed by atoms with Crippen molar-refractivity contribution in [1.29, 1.82) is 0 Å². The zero-order valence-corrected chi connectivity index (χ0v) is 10.2. The summed E-state index contributed by atoms with van der Waals surface area (Å²) in [5.41, 5.74) is 2.58. The fraction of sp³-hybridized carbons (Fsp3) is 0.286. The molecule has 2 aromatic rings. The Morgan fingerprint density at radius 3 is 2.65 bits per heavy atom. The molecule has 2 rings (SSSR count). The molecular formula is C14H17N3. The van der Waals surface area contributed by atoms with Crippen LogP contribution in [0.2, 0.25) is 0 Å². The first-order valence-electron chi connectivity index (χ1n) is 5.81. The van der Waals surface area contributed by atoms with E-state index in [-0.39, 0.29) is 0 Å². The summed E-state index contributed by atoms with van der Waals surface area (Å²) in [6.45, 7) is 4.95. The first-order valence-corrected chi connectivity index (χ1v) is 5.81. The van der Waals surface area contributed by atoms with Gasteiger partial charge in [-0.1, -0.05) is 29.8 Å². The van der Waals surface area contributed by atoms with E-state index in [0.29, 0.717) is 12.6 Å². The summed E-state index contributed by atoms with van der Waals surface area (Å²) in [6, 6.07) is 10.7. The molecule has 0 saturated heterocycles. The van der Waals surface area contributed by atoms with Gasteiger partial charge in [0.05, 0.1) is 6.54 Å². The van der Waals surface area contributed by atoms with Gasteiger partial charge in [0.1, 0.15) is 5.82 Å². The Morgan fingerprint density at radius 1 is 1.18 bits per heavy atom.